The van der Waals surface area contributed by atoms with Crippen LogP contribution in [0.25, 0.3) is 0 Å². The van der Waals surface area contributed by atoms with E-state index in [4.69, 9.17) is 11.6 Å². The number of nitrogens with zero attached hydrogens (tertiary/aromatic N) is 1. The molecule has 19 heavy (non-hydrogen) atoms. The summed E-state index contributed by atoms with van der Waals surface area (Å²) in [6.07, 6.45) is 2.30. The highest BCUT2D eigenvalue weighted by Gasteiger charge is 2.37. The number of carbonyl (C=O) groups excluding carboxylic acids is 1. The van der Waals surface area contributed by atoms with Crippen molar-refractivity contribution < 1.29 is 4.79 Å². The van der Waals surface area contributed by atoms with Crippen LogP contribution in [0.2, 0.25) is 5.02 Å². The number of piperidine rings is 1. The molecule has 3 rings (SSSR count). The first-order valence-corrected chi connectivity index (χ1v) is 7.16. The SMILES string of the molecule is O=C(Nc1ccccc1Cl)N1CCCC2CNCC21. The number of para-hydroxylation sites is 1. The van der Waals surface area contributed by atoms with Crippen LogP contribution < -0.4 is 10.6 Å². The summed E-state index contributed by atoms with van der Waals surface area (Å²) in [5.41, 5.74) is 0.683. The Morgan fingerprint density at radius 2 is 2.21 bits per heavy atom. The van der Waals surface area contributed by atoms with Gasteiger partial charge in [-0.1, -0.05) is 23.7 Å². The smallest absolute Gasteiger partial charge is 0.320 e. The fourth-order valence-electron chi connectivity index (χ4n) is 3.07. The number of halogens is 1. The van der Waals surface area contributed by atoms with E-state index in [-0.39, 0.29) is 6.03 Å². The van der Waals surface area contributed by atoms with Gasteiger partial charge >= 0.3 is 6.03 Å². The highest BCUT2D eigenvalue weighted by Crippen LogP contribution is 2.28. The molecule has 0 aliphatic carbocycles. The number of nitrogens with one attached hydrogen (secondary N) is 2. The molecule has 2 N–H and O–H groups in total. The van der Waals surface area contributed by atoms with Crippen molar-refractivity contribution in [3.8, 4) is 0 Å². The zero-order chi connectivity index (χ0) is 13.2. The molecular formula is C14H18ClN3O. The molecular weight excluding hydrogens is 262 g/mol. The number of hydrogen-bond acceptors (Lipinski definition) is 2. The van der Waals surface area contributed by atoms with Gasteiger partial charge in [0.25, 0.3) is 0 Å². The van der Waals surface area contributed by atoms with Crippen LogP contribution in [0, 0.1) is 5.92 Å². The van der Waals surface area contributed by atoms with E-state index in [2.05, 4.69) is 10.6 Å². The van der Waals surface area contributed by atoms with Gasteiger partial charge in [-0.15, -0.1) is 0 Å². The molecule has 2 aliphatic rings. The van der Waals surface area contributed by atoms with E-state index in [1.54, 1.807) is 6.07 Å². The van der Waals surface area contributed by atoms with E-state index in [1.807, 2.05) is 23.1 Å². The standard InChI is InChI=1S/C14H18ClN3O/c15-11-5-1-2-6-12(11)17-14(19)18-7-3-4-10-8-16-9-13(10)18/h1-2,5-6,10,13,16H,3-4,7-9H2,(H,17,19). The van der Waals surface area contributed by atoms with E-state index in [0.717, 1.165) is 26.1 Å². The van der Waals surface area contributed by atoms with Crippen LogP contribution in [0.15, 0.2) is 24.3 Å². The number of urea groups is 1. The molecule has 2 fully saturated rings. The van der Waals surface area contributed by atoms with Crippen molar-refractivity contribution in [3.05, 3.63) is 29.3 Å². The fraction of sp³-hybridized carbons (Fsp3) is 0.500. The van der Waals surface area contributed by atoms with Crippen molar-refractivity contribution >= 4 is 23.3 Å². The van der Waals surface area contributed by atoms with E-state index >= 15 is 0 Å². The van der Waals surface area contributed by atoms with Crippen LogP contribution in [0.4, 0.5) is 10.5 Å². The van der Waals surface area contributed by atoms with Gasteiger partial charge in [-0.25, -0.2) is 4.79 Å². The predicted octanol–water partition coefficient (Wildman–Crippen LogP) is 2.56. The average Bonchev–Trinajstić information content (AvgIpc) is 2.89. The van der Waals surface area contributed by atoms with E-state index in [9.17, 15) is 4.79 Å². The quantitative estimate of drug-likeness (QED) is 0.830. The van der Waals surface area contributed by atoms with Gasteiger partial charge in [0.2, 0.25) is 0 Å². The van der Waals surface area contributed by atoms with Gasteiger partial charge in [0, 0.05) is 25.7 Å². The van der Waals surface area contributed by atoms with Crippen LogP contribution in [0.3, 0.4) is 0 Å². The minimum Gasteiger partial charge on any atom is -0.320 e. The van der Waals surface area contributed by atoms with Crippen LogP contribution in [0.1, 0.15) is 12.8 Å². The summed E-state index contributed by atoms with van der Waals surface area (Å²) in [6, 6.07) is 7.64. The maximum absolute atomic E-state index is 12.4. The second-order valence-corrected chi connectivity index (χ2v) is 5.64. The largest absolute Gasteiger partial charge is 0.322 e. The third-order valence-electron chi connectivity index (χ3n) is 4.05. The Morgan fingerprint density at radius 3 is 3.05 bits per heavy atom. The molecule has 4 nitrogen and oxygen atoms in total. The maximum Gasteiger partial charge on any atom is 0.322 e. The highest BCUT2D eigenvalue weighted by atomic mass is 35.5. The summed E-state index contributed by atoms with van der Waals surface area (Å²) in [6.45, 7) is 2.76. The van der Waals surface area contributed by atoms with E-state index in [1.165, 1.54) is 6.42 Å². The van der Waals surface area contributed by atoms with Crippen molar-refractivity contribution in [2.45, 2.75) is 18.9 Å². The van der Waals surface area contributed by atoms with Crippen molar-refractivity contribution in [2.75, 3.05) is 25.0 Å². The van der Waals surface area contributed by atoms with E-state index < -0.39 is 0 Å². The highest BCUT2D eigenvalue weighted by molar-refractivity contribution is 6.33. The first-order valence-electron chi connectivity index (χ1n) is 6.78. The molecule has 0 bridgehead atoms. The molecule has 102 valence electrons. The van der Waals surface area contributed by atoms with Gasteiger partial charge in [-0.05, 0) is 30.9 Å². The summed E-state index contributed by atoms with van der Waals surface area (Å²) in [4.78, 5) is 14.3. The Kier molecular flexibility index (Phi) is 3.62. The average molecular weight is 280 g/mol. The van der Waals surface area contributed by atoms with Crippen molar-refractivity contribution in [2.24, 2.45) is 5.92 Å². The molecule has 0 spiro atoms. The van der Waals surface area contributed by atoms with Crippen molar-refractivity contribution in [1.82, 2.24) is 10.2 Å². The van der Waals surface area contributed by atoms with E-state index in [0.29, 0.717) is 22.7 Å². The maximum atomic E-state index is 12.4. The summed E-state index contributed by atoms with van der Waals surface area (Å²) < 4.78 is 0. The number of likely N-dealkylation sites (tertiary alicyclic amines) is 1. The fourth-order valence-corrected chi connectivity index (χ4v) is 3.25. The Morgan fingerprint density at radius 1 is 1.37 bits per heavy atom. The molecule has 0 saturated carbocycles. The lowest BCUT2D eigenvalue weighted by molar-refractivity contribution is 0.147. The summed E-state index contributed by atoms with van der Waals surface area (Å²) in [5, 5.41) is 6.87. The minimum absolute atomic E-state index is 0.0356. The molecule has 2 atom stereocenters. The molecule has 0 aromatic heterocycles. The topological polar surface area (TPSA) is 44.4 Å². The number of rotatable bonds is 1. The predicted molar refractivity (Wildman–Crippen MR) is 76.6 cm³/mol. The van der Waals surface area contributed by atoms with Crippen molar-refractivity contribution in [1.29, 1.82) is 0 Å². The zero-order valence-electron chi connectivity index (χ0n) is 10.7. The molecule has 1 aromatic rings. The lowest BCUT2D eigenvalue weighted by atomic mass is 9.92. The number of fused-ring (bicyclic) bond motifs is 1. The molecule has 0 radical (unpaired) electrons. The van der Waals surface area contributed by atoms with Crippen LogP contribution in [-0.2, 0) is 0 Å². The van der Waals surface area contributed by atoms with Crippen LogP contribution in [0.5, 0.6) is 0 Å². The number of hydrogen-bond donors (Lipinski definition) is 2. The first kappa shape index (κ1) is 12.8. The minimum atomic E-state index is -0.0356. The zero-order valence-corrected chi connectivity index (χ0v) is 11.5. The Balaban J connectivity index is 1.71. The molecule has 2 aliphatic heterocycles. The van der Waals surface area contributed by atoms with Crippen molar-refractivity contribution in [3.63, 3.8) is 0 Å². The summed E-state index contributed by atoms with van der Waals surface area (Å²) in [7, 11) is 0. The Hall–Kier alpha value is -1.26. The summed E-state index contributed by atoms with van der Waals surface area (Å²) in [5.74, 6) is 0.603. The van der Waals surface area contributed by atoms with Crippen LogP contribution in [-0.4, -0.2) is 36.6 Å². The first-order chi connectivity index (χ1) is 9.25. The van der Waals surface area contributed by atoms with Gasteiger partial charge in [0.1, 0.15) is 0 Å². The second kappa shape index (κ2) is 5.39. The number of benzene rings is 1. The number of amides is 2. The van der Waals surface area contributed by atoms with Gasteiger partial charge < -0.3 is 15.5 Å². The second-order valence-electron chi connectivity index (χ2n) is 5.23. The summed E-state index contributed by atoms with van der Waals surface area (Å²) >= 11 is 6.07. The monoisotopic (exact) mass is 279 g/mol. The normalized spacial score (nSPS) is 26.1. The lowest BCUT2D eigenvalue weighted by Crippen LogP contribution is -2.50. The number of anilines is 1. The molecule has 1 aromatic carbocycles. The molecule has 2 amide bonds. The van der Waals surface area contributed by atoms with Gasteiger partial charge in [0.05, 0.1) is 10.7 Å². The molecule has 2 saturated heterocycles. The van der Waals surface area contributed by atoms with Crippen LogP contribution >= 0.6 is 11.6 Å². The Bertz CT molecular complexity index is 480. The molecule has 2 heterocycles. The van der Waals surface area contributed by atoms with Gasteiger partial charge in [-0.2, -0.15) is 0 Å². The number of carbonyl (C=O) groups is 1. The third-order valence-corrected chi connectivity index (χ3v) is 4.38. The van der Waals surface area contributed by atoms with Gasteiger partial charge in [0.15, 0.2) is 0 Å². The Labute approximate surface area is 118 Å². The third kappa shape index (κ3) is 2.55. The molecule has 5 heteroatoms. The van der Waals surface area contributed by atoms with Gasteiger partial charge in [-0.3, -0.25) is 0 Å². The molecule has 2 unspecified atom stereocenters. The lowest BCUT2D eigenvalue weighted by Gasteiger charge is -2.37.